The summed E-state index contributed by atoms with van der Waals surface area (Å²) < 4.78 is 16.5. The number of ether oxygens (including phenoxy) is 3. The normalized spacial score (nSPS) is 15.9. The Morgan fingerprint density at radius 3 is 2.58 bits per heavy atom. The van der Waals surface area contributed by atoms with Gasteiger partial charge in [-0.2, -0.15) is 0 Å². The molecule has 1 unspecified atom stereocenters. The summed E-state index contributed by atoms with van der Waals surface area (Å²) in [5, 5.41) is 0. The zero-order valence-electron chi connectivity index (χ0n) is 15.5. The molecule has 0 fully saturated rings. The fourth-order valence-corrected chi connectivity index (χ4v) is 3.23. The molecule has 0 radical (unpaired) electrons. The minimum absolute atomic E-state index is 0.0317. The number of likely N-dealkylation sites (N-methyl/N-ethyl adjacent to an activating group) is 1. The van der Waals surface area contributed by atoms with Crippen LogP contribution in [0.25, 0.3) is 0 Å². The van der Waals surface area contributed by atoms with Crippen molar-refractivity contribution in [2.45, 2.75) is 25.6 Å². The van der Waals surface area contributed by atoms with E-state index in [-0.39, 0.29) is 12.0 Å². The molecule has 2 aromatic carbocycles. The van der Waals surface area contributed by atoms with Gasteiger partial charge in [-0.1, -0.05) is 30.3 Å². The van der Waals surface area contributed by atoms with Crippen LogP contribution in [0.2, 0.25) is 0 Å². The summed E-state index contributed by atoms with van der Waals surface area (Å²) in [5.41, 5.74) is 3.45. The van der Waals surface area contributed by atoms with Gasteiger partial charge in [-0.3, -0.25) is 4.79 Å². The summed E-state index contributed by atoms with van der Waals surface area (Å²) in [6, 6.07) is 13.9. The minimum atomic E-state index is 0.0317. The number of nitrogens with zero attached hydrogens (tertiary/aromatic N) is 1. The van der Waals surface area contributed by atoms with E-state index in [2.05, 4.69) is 12.1 Å². The fourth-order valence-electron chi connectivity index (χ4n) is 3.23. The van der Waals surface area contributed by atoms with Crippen LogP contribution in [-0.2, 0) is 29.0 Å². The monoisotopic (exact) mass is 355 g/mol. The Bertz CT molecular complexity index is 774. The first-order valence-corrected chi connectivity index (χ1v) is 8.74. The van der Waals surface area contributed by atoms with E-state index in [9.17, 15) is 4.79 Å². The van der Waals surface area contributed by atoms with E-state index in [1.54, 1.807) is 19.1 Å². The number of methoxy groups -OCH3 is 2. The Kier molecular flexibility index (Phi) is 5.78. The molecule has 1 amide bonds. The van der Waals surface area contributed by atoms with E-state index in [0.717, 1.165) is 12.0 Å². The van der Waals surface area contributed by atoms with Crippen LogP contribution in [-0.4, -0.2) is 44.7 Å². The van der Waals surface area contributed by atoms with Crippen molar-refractivity contribution in [3.05, 3.63) is 59.2 Å². The third kappa shape index (κ3) is 4.17. The van der Waals surface area contributed by atoms with Crippen LogP contribution >= 0.6 is 0 Å². The van der Waals surface area contributed by atoms with Crippen molar-refractivity contribution in [3.63, 3.8) is 0 Å². The molecule has 0 N–H and O–H groups in total. The number of hydrogen-bond donors (Lipinski definition) is 0. The summed E-state index contributed by atoms with van der Waals surface area (Å²) in [6.07, 6.45) is 1.19. The zero-order chi connectivity index (χ0) is 18.5. The van der Waals surface area contributed by atoms with Gasteiger partial charge in [-0.05, 0) is 28.8 Å². The Balaban J connectivity index is 1.58. The topological polar surface area (TPSA) is 48.0 Å². The van der Waals surface area contributed by atoms with Crippen molar-refractivity contribution < 1.29 is 19.0 Å². The molecule has 5 heteroatoms. The molecule has 0 aliphatic carbocycles. The summed E-state index contributed by atoms with van der Waals surface area (Å²) >= 11 is 0. The smallest absolute Gasteiger partial charge is 0.226 e. The summed E-state index contributed by atoms with van der Waals surface area (Å²) in [7, 11) is 5.01. The first-order valence-electron chi connectivity index (χ1n) is 8.74. The van der Waals surface area contributed by atoms with Crippen LogP contribution < -0.4 is 9.47 Å². The van der Waals surface area contributed by atoms with Crippen LogP contribution in [0, 0.1) is 0 Å². The number of amides is 1. The fraction of sp³-hybridized carbons (Fsp3) is 0.381. The number of rotatable bonds is 6. The Morgan fingerprint density at radius 1 is 1.12 bits per heavy atom. The quantitative estimate of drug-likeness (QED) is 0.799. The van der Waals surface area contributed by atoms with Crippen molar-refractivity contribution in [2.24, 2.45) is 0 Å². The molecule has 3 rings (SSSR count). The molecular weight excluding hydrogens is 330 g/mol. The Morgan fingerprint density at radius 2 is 1.85 bits per heavy atom. The molecule has 0 saturated carbocycles. The summed E-state index contributed by atoms with van der Waals surface area (Å²) in [6.45, 7) is 1.19. The molecule has 0 saturated heterocycles. The number of carbonyl (C=O) groups is 1. The van der Waals surface area contributed by atoms with E-state index < -0.39 is 0 Å². The summed E-state index contributed by atoms with van der Waals surface area (Å²) in [5.74, 6) is 1.35. The third-order valence-electron chi connectivity index (χ3n) is 4.75. The molecule has 2 aromatic rings. The molecular formula is C21H25NO4. The molecule has 1 aliphatic heterocycles. The van der Waals surface area contributed by atoms with E-state index >= 15 is 0 Å². The standard InChI is InChI=1S/C21H25NO4/c1-22(13-18-12-16-6-4-5-7-17(16)14-26-18)21(23)11-15-8-9-19(24-2)20(10-15)25-3/h4-10,18H,11-14H2,1-3H3. The maximum Gasteiger partial charge on any atom is 0.226 e. The van der Waals surface area contributed by atoms with E-state index in [4.69, 9.17) is 14.2 Å². The van der Waals surface area contributed by atoms with Gasteiger partial charge in [0.05, 0.1) is 33.4 Å². The van der Waals surface area contributed by atoms with Gasteiger partial charge in [0, 0.05) is 20.0 Å². The van der Waals surface area contributed by atoms with Gasteiger partial charge in [0.15, 0.2) is 11.5 Å². The highest BCUT2D eigenvalue weighted by Crippen LogP contribution is 2.28. The van der Waals surface area contributed by atoms with E-state index in [1.165, 1.54) is 11.1 Å². The predicted molar refractivity (Wildman–Crippen MR) is 99.6 cm³/mol. The highest BCUT2D eigenvalue weighted by molar-refractivity contribution is 5.78. The molecule has 0 aromatic heterocycles. The van der Waals surface area contributed by atoms with Crippen LogP contribution in [0.1, 0.15) is 16.7 Å². The Labute approximate surface area is 154 Å². The molecule has 1 heterocycles. The molecule has 26 heavy (non-hydrogen) atoms. The third-order valence-corrected chi connectivity index (χ3v) is 4.75. The highest BCUT2D eigenvalue weighted by Gasteiger charge is 2.22. The second-order valence-corrected chi connectivity index (χ2v) is 6.55. The van der Waals surface area contributed by atoms with E-state index in [0.29, 0.717) is 31.1 Å². The van der Waals surface area contributed by atoms with Gasteiger partial charge in [0.1, 0.15) is 0 Å². The van der Waals surface area contributed by atoms with Gasteiger partial charge >= 0.3 is 0 Å². The molecule has 0 spiro atoms. The maximum atomic E-state index is 12.6. The van der Waals surface area contributed by atoms with Crippen molar-refractivity contribution in [1.29, 1.82) is 0 Å². The lowest BCUT2D eigenvalue weighted by Gasteiger charge is -2.29. The highest BCUT2D eigenvalue weighted by atomic mass is 16.5. The largest absolute Gasteiger partial charge is 0.493 e. The van der Waals surface area contributed by atoms with Crippen LogP contribution in [0.15, 0.2) is 42.5 Å². The average Bonchev–Trinajstić information content (AvgIpc) is 2.67. The maximum absolute atomic E-state index is 12.6. The second-order valence-electron chi connectivity index (χ2n) is 6.55. The number of carbonyl (C=O) groups excluding carboxylic acids is 1. The van der Waals surface area contributed by atoms with Crippen molar-refractivity contribution in [3.8, 4) is 11.5 Å². The van der Waals surface area contributed by atoms with Gasteiger partial charge in [-0.15, -0.1) is 0 Å². The molecule has 1 atom stereocenters. The lowest BCUT2D eigenvalue weighted by Crippen LogP contribution is -2.38. The lowest BCUT2D eigenvalue weighted by atomic mass is 9.99. The van der Waals surface area contributed by atoms with Crippen LogP contribution in [0.3, 0.4) is 0 Å². The molecule has 0 bridgehead atoms. The molecule has 1 aliphatic rings. The van der Waals surface area contributed by atoms with Crippen molar-refractivity contribution >= 4 is 5.91 Å². The second kappa shape index (κ2) is 8.23. The van der Waals surface area contributed by atoms with Gasteiger partial charge in [0.25, 0.3) is 0 Å². The van der Waals surface area contributed by atoms with Gasteiger partial charge < -0.3 is 19.1 Å². The molecule has 5 nitrogen and oxygen atoms in total. The first kappa shape index (κ1) is 18.3. The van der Waals surface area contributed by atoms with E-state index in [1.807, 2.05) is 37.4 Å². The number of hydrogen-bond acceptors (Lipinski definition) is 4. The summed E-state index contributed by atoms with van der Waals surface area (Å²) in [4.78, 5) is 14.3. The zero-order valence-corrected chi connectivity index (χ0v) is 15.5. The SMILES string of the molecule is COc1ccc(CC(=O)N(C)CC2Cc3ccccc3CO2)cc1OC. The van der Waals surface area contributed by atoms with Crippen molar-refractivity contribution in [2.75, 3.05) is 27.8 Å². The van der Waals surface area contributed by atoms with Crippen LogP contribution in [0.4, 0.5) is 0 Å². The number of fused-ring (bicyclic) bond motifs is 1. The van der Waals surface area contributed by atoms with Crippen molar-refractivity contribution in [1.82, 2.24) is 4.90 Å². The average molecular weight is 355 g/mol. The first-order chi connectivity index (χ1) is 12.6. The molecule has 138 valence electrons. The van der Waals surface area contributed by atoms with Gasteiger partial charge in [0.2, 0.25) is 5.91 Å². The lowest BCUT2D eigenvalue weighted by molar-refractivity contribution is -0.131. The minimum Gasteiger partial charge on any atom is -0.493 e. The number of benzene rings is 2. The predicted octanol–water partition coefficient (Wildman–Crippen LogP) is 2.85. The van der Waals surface area contributed by atoms with Gasteiger partial charge in [-0.25, -0.2) is 0 Å². The Hall–Kier alpha value is -2.53. The van der Waals surface area contributed by atoms with Crippen LogP contribution in [0.5, 0.6) is 11.5 Å².